The Morgan fingerprint density at radius 2 is 1.86 bits per heavy atom. The average Bonchev–Trinajstić information content (AvgIpc) is 2.50. The lowest BCUT2D eigenvalue weighted by molar-refractivity contribution is 0.139. The van der Waals surface area contributed by atoms with Crippen LogP contribution >= 0.6 is 0 Å². The molecule has 1 aromatic rings. The first-order chi connectivity index (χ1) is 10.2. The average molecular weight is 289 g/mol. The van der Waals surface area contributed by atoms with Gasteiger partial charge in [-0.1, -0.05) is 31.2 Å². The Labute approximate surface area is 130 Å². The molecule has 1 saturated heterocycles. The van der Waals surface area contributed by atoms with Crippen LogP contribution in [0.25, 0.3) is 0 Å². The molecule has 0 atom stereocenters. The van der Waals surface area contributed by atoms with Gasteiger partial charge in [0.1, 0.15) is 0 Å². The maximum atomic E-state index is 3.43. The van der Waals surface area contributed by atoms with Crippen molar-refractivity contribution in [3.8, 4) is 0 Å². The zero-order valence-electron chi connectivity index (χ0n) is 13.9. The largest absolute Gasteiger partial charge is 0.317 e. The van der Waals surface area contributed by atoms with Crippen LogP contribution in [0.15, 0.2) is 24.3 Å². The Morgan fingerprint density at radius 1 is 1.19 bits per heavy atom. The highest BCUT2D eigenvalue weighted by atomic mass is 15.2. The summed E-state index contributed by atoms with van der Waals surface area (Å²) >= 11 is 0. The van der Waals surface area contributed by atoms with Gasteiger partial charge in [0.2, 0.25) is 0 Å². The minimum Gasteiger partial charge on any atom is -0.317 e. The summed E-state index contributed by atoms with van der Waals surface area (Å²) in [5.74, 6) is 0. The Bertz CT molecular complexity index is 411. The Balaban J connectivity index is 1.92. The topological polar surface area (TPSA) is 18.5 Å². The van der Waals surface area contributed by atoms with E-state index in [4.69, 9.17) is 0 Å². The third kappa shape index (κ3) is 5.10. The fourth-order valence-corrected chi connectivity index (χ4v) is 3.19. The van der Waals surface area contributed by atoms with E-state index in [1.54, 1.807) is 0 Å². The van der Waals surface area contributed by atoms with E-state index < -0.39 is 0 Å². The molecular weight excluding hydrogens is 258 g/mol. The van der Waals surface area contributed by atoms with Crippen molar-refractivity contribution in [1.29, 1.82) is 0 Å². The molecule has 1 aromatic carbocycles. The molecule has 1 heterocycles. The highest BCUT2D eigenvalue weighted by Crippen LogP contribution is 2.18. The quantitative estimate of drug-likeness (QED) is 0.778. The van der Waals surface area contributed by atoms with Gasteiger partial charge in [-0.2, -0.15) is 0 Å². The molecule has 118 valence electrons. The van der Waals surface area contributed by atoms with Gasteiger partial charge in [-0.15, -0.1) is 0 Å². The minimum absolute atomic E-state index is 0.739. The van der Waals surface area contributed by atoms with Gasteiger partial charge in [-0.3, -0.25) is 4.90 Å². The van der Waals surface area contributed by atoms with E-state index in [0.29, 0.717) is 0 Å². The highest BCUT2D eigenvalue weighted by Gasteiger charge is 2.20. The normalized spacial score (nSPS) is 17.5. The van der Waals surface area contributed by atoms with Crippen LogP contribution < -0.4 is 5.32 Å². The molecule has 3 heteroatoms. The molecule has 1 N–H and O–H groups in total. The van der Waals surface area contributed by atoms with Crippen molar-refractivity contribution in [2.24, 2.45) is 0 Å². The van der Waals surface area contributed by atoms with Crippen LogP contribution in [0.4, 0.5) is 0 Å². The second kappa shape index (κ2) is 8.52. The third-order valence-corrected chi connectivity index (χ3v) is 4.67. The standard InChI is InChI=1S/C18H31N3/c1-4-19-12-9-16-7-5-6-8-17(16)15-21(3)18-10-13-20(2)14-11-18/h5-8,18-19H,4,9-15H2,1-3H3. The molecule has 0 spiro atoms. The summed E-state index contributed by atoms with van der Waals surface area (Å²) in [6, 6.07) is 9.67. The predicted molar refractivity (Wildman–Crippen MR) is 90.7 cm³/mol. The predicted octanol–water partition coefficient (Wildman–Crippen LogP) is 2.36. The first-order valence-electron chi connectivity index (χ1n) is 8.37. The fourth-order valence-electron chi connectivity index (χ4n) is 3.19. The van der Waals surface area contributed by atoms with E-state index in [0.717, 1.165) is 32.1 Å². The lowest BCUT2D eigenvalue weighted by atomic mass is 10.0. The summed E-state index contributed by atoms with van der Waals surface area (Å²) in [4.78, 5) is 4.99. The van der Waals surface area contributed by atoms with Crippen molar-refractivity contribution < 1.29 is 0 Å². The molecule has 1 aliphatic heterocycles. The Hall–Kier alpha value is -0.900. The van der Waals surface area contributed by atoms with Crippen LogP contribution in [-0.4, -0.2) is 56.1 Å². The highest BCUT2D eigenvalue weighted by molar-refractivity contribution is 5.27. The maximum absolute atomic E-state index is 3.43. The van der Waals surface area contributed by atoms with Gasteiger partial charge in [-0.05, 0) is 70.7 Å². The van der Waals surface area contributed by atoms with Gasteiger partial charge in [0.25, 0.3) is 0 Å². The first-order valence-corrected chi connectivity index (χ1v) is 8.37. The number of rotatable bonds is 7. The molecule has 0 amide bonds. The van der Waals surface area contributed by atoms with Crippen LogP contribution in [0.1, 0.15) is 30.9 Å². The lowest BCUT2D eigenvalue weighted by Gasteiger charge is -2.35. The first kappa shape index (κ1) is 16.5. The molecule has 0 aliphatic carbocycles. The van der Waals surface area contributed by atoms with E-state index in [1.165, 1.54) is 37.1 Å². The van der Waals surface area contributed by atoms with E-state index in [1.807, 2.05) is 0 Å². The van der Waals surface area contributed by atoms with E-state index in [9.17, 15) is 0 Å². The monoisotopic (exact) mass is 289 g/mol. The number of nitrogens with one attached hydrogen (secondary N) is 1. The van der Waals surface area contributed by atoms with Crippen LogP contribution in [0.3, 0.4) is 0 Å². The molecule has 0 bridgehead atoms. The molecular formula is C18H31N3. The van der Waals surface area contributed by atoms with Crippen molar-refractivity contribution in [1.82, 2.24) is 15.1 Å². The van der Waals surface area contributed by atoms with Crippen molar-refractivity contribution >= 4 is 0 Å². The van der Waals surface area contributed by atoms with Crippen molar-refractivity contribution in [3.63, 3.8) is 0 Å². The molecule has 0 radical (unpaired) electrons. The SMILES string of the molecule is CCNCCc1ccccc1CN(C)C1CCN(C)CC1. The minimum atomic E-state index is 0.739. The number of nitrogens with zero attached hydrogens (tertiary/aromatic N) is 2. The summed E-state index contributed by atoms with van der Waals surface area (Å²) < 4.78 is 0. The van der Waals surface area contributed by atoms with E-state index in [2.05, 4.69) is 60.4 Å². The van der Waals surface area contributed by atoms with E-state index in [-0.39, 0.29) is 0 Å². The maximum Gasteiger partial charge on any atom is 0.0236 e. The van der Waals surface area contributed by atoms with Gasteiger partial charge in [0, 0.05) is 12.6 Å². The molecule has 1 fully saturated rings. The zero-order valence-corrected chi connectivity index (χ0v) is 13.9. The molecule has 1 aliphatic rings. The van der Waals surface area contributed by atoms with Crippen molar-refractivity contribution in [3.05, 3.63) is 35.4 Å². The molecule has 0 saturated carbocycles. The summed E-state index contributed by atoms with van der Waals surface area (Å²) in [5, 5.41) is 3.43. The fraction of sp³-hybridized carbons (Fsp3) is 0.667. The number of hydrogen-bond acceptors (Lipinski definition) is 3. The lowest BCUT2D eigenvalue weighted by Crippen LogP contribution is -2.41. The third-order valence-electron chi connectivity index (χ3n) is 4.67. The Morgan fingerprint density at radius 3 is 2.52 bits per heavy atom. The number of likely N-dealkylation sites (tertiary alicyclic amines) is 1. The summed E-state index contributed by atoms with van der Waals surface area (Å²) in [7, 11) is 4.52. The number of hydrogen-bond donors (Lipinski definition) is 1. The van der Waals surface area contributed by atoms with Crippen molar-refractivity contribution in [2.45, 2.75) is 38.8 Å². The number of likely N-dealkylation sites (N-methyl/N-ethyl adjacent to an activating group) is 1. The molecule has 2 rings (SSSR count). The zero-order chi connectivity index (χ0) is 15.1. The van der Waals surface area contributed by atoms with Crippen LogP contribution in [0.2, 0.25) is 0 Å². The number of piperidine rings is 1. The molecule has 0 aromatic heterocycles. The summed E-state index contributed by atoms with van der Waals surface area (Å²) in [6.45, 7) is 7.84. The molecule has 0 unspecified atom stereocenters. The van der Waals surface area contributed by atoms with Crippen LogP contribution in [0.5, 0.6) is 0 Å². The van der Waals surface area contributed by atoms with Gasteiger partial charge < -0.3 is 10.2 Å². The van der Waals surface area contributed by atoms with E-state index >= 15 is 0 Å². The molecule has 3 nitrogen and oxygen atoms in total. The van der Waals surface area contributed by atoms with Crippen molar-refractivity contribution in [2.75, 3.05) is 40.3 Å². The van der Waals surface area contributed by atoms with Crippen LogP contribution in [-0.2, 0) is 13.0 Å². The summed E-state index contributed by atoms with van der Waals surface area (Å²) in [6.07, 6.45) is 3.73. The number of benzene rings is 1. The second-order valence-electron chi connectivity index (χ2n) is 6.32. The van der Waals surface area contributed by atoms with Gasteiger partial charge in [-0.25, -0.2) is 0 Å². The molecule has 21 heavy (non-hydrogen) atoms. The second-order valence-corrected chi connectivity index (χ2v) is 6.32. The Kier molecular flexibility index (Phi) is 6.68. The van der Waals surface area contributed by atoms with Gasteiger partial charge >= 0.3 is 0 Å². The van der Waals surface area contributed by atoms with Crippen LogP contribution in [0, 0.1) is 0 Å². The smallest absolute Gasteiger partial charge is 0.0236 e. The van der Waals surface area contributed by atoms with Gasteiger partial charge in [0.05, 0.1) is 0 Å². The van der Waals surface area contributed by atoms with Gasteiger partial charge in [0.15, 0.2) is 0 Å². The summed E-state index contributed by atoms with van der Waals surface area (Å²) in [5.41, 5.74) is 3.00.